The second-order valence-electron chi connectivity index (χ2n) is 3.95. The molecule has 19 heavy (non-hydrogen) atoms. The first-order valence-electron chi connectivity index (χ1n) is 6.02. The maximum absolute atomic E-state index is 11.3. The number of nitrogens with zero attached hydrogens (tertiary/aromatic N) is 1. The van der Waals surface area contributed by atoms with Crippen molar-refractivity contribution in [3.8, 4) is 0 Å². The number of carbonyl (C=O) groups excluding carboxylic acids is 2. The van der Waals surface area contributed by atoms with Crippen LogP contribution in [0.5, 0.6) is 0 Å². The summed E-state index contributed by atoms with van der Waals surface area (Å²) in [6, 6.07) is 0. The summed E-state index contributed by atoms with van der Waals surface area (Å²) >= 11 is 0. The molecule has 0 rings (SSSR count). The molecule has 0 saturated heterocycles. The molecule has 0 aliphatic rings. The number of amides is 1. The largest absolute Gasteiger partial charge is 0.460 e. The Hall–Kier alpha value is -1.76. The van der Waals surface area contributed by atoms with Gasteiger partial charge in [-0.25, -0.2) is 9.59 Å². The molecular weight excluding hydrogens is 252 g/mol. The standard InChI is InChI=1S/C12H22N2O5/c1-4-5-17-6-7-18-11(15)8-10(13)9-19-12(16)14(2)3/h8H,4-7,9,13H2,1-3H3. The molecule has 110 valence electrons. The molecule has 0 saturated carbocycles. The van der Waals surface area contributed by atoms with Crippen LogP contribution in [0.2, 0.25) is 0 Å². The first kappa shape index (κ1) is 17.2. The van der Waals surface area contributed by atoms with E-state index in [2.05, 4.69) is 0 Å². The molecule has 0 aliphatic heterocycles. The Kier molecular flexibility index (Phi) is 9.25. The minimum Gasteiger partial charge on any atom is -0.460 e. The van der Waals surface area contributed by atoms with Gasteiger partial charge in [0.25, 0.3) is 0 Å². The first-order valence-corrected chi connectivity index (χ1v) is 6.02. The molecule has 0 unspecified atom stereocenters. The highest BCUT2D eigenvalue weighted by atomic mass is 16.6. The SMILES string of the molecule is CCCOCCOC(=O)C=C(N)COC(=O)N(C)C. The minimum atomic E-state index is -0.585. The van der Waals surface area contributed by atoms with Gasteiger partial charge >= 0.3 is 12.1 Å². The van der Waals surface area contributed by atoms with Gasteiger partial charge in [0.1, 0.15) is 13.2 Å². The van der Waals surface area contributed by atoms with Crippen LogP contribution in [-0.4, -0.2) is 57.5 Å². The lowest BCUT2D eigenvalue weighted by Crippen LogP contribution is -2.25. The Labute approximate surface area is 113 Å². The van der Waals surface area contributed by atoms with E-state index in [1.54, 1.807) is 14.1 Å². The average molecular weight is 274 g/mol. The third-order valence-electron chi connectivity index (χ3n) is 1.85. The Morgan fingerprint density at radius 2 is 1.84 bits per heavy atom. The van der Waals surface area contributed by atoms with Crippen LogP contribution in [0.4, 0.5) is 4.79 Å². The number of carbonyl (C=O) groups is 2. The fourth-order valence-electron chi connectivity index (χ4n) is 0.956. The molecule has 2 N–H and O–H groups in total. The van der Waals surface area contributed by atoms with E-state index < -0.39 is 12.1 Å². The summed E-state index contributed by atoms with van der Waals surface area (Å²) in [4.78, 5) is 23.6. The van der Waals surface area contributed by atoms with Crippen LogP contribution in [0.3, 0.4) is 0 Å². The number of ether oxygens (including phenoxy) is 3. The van der Waals surface area contributed by atoms with E-state index in [1.165, 1.54) is 4.90 Å². The van der Waals surface area contributed by atoms with Crippen LogP contribution in [0, 0.1) is 0 Å². The smallest absolute Gasteiger partial charge is 0.409 e. The molecule has 0 aromatic heterocycles. The predicted octanol–water partition coefficient (Wildman–Crippen LogP) is 0.497. The number of hydrogen-bond donors (Lipinski definition) is 1. The van der Waals surface area contributed by atoms with E-state index in [9.17, 15) is 9.59 Å². The van der Waals surface area contributed by atoms with Gasteiger partial charge < -0.3 is 24.8 Å². The van der Waals surface area contributed by atoms with Crippen molar-refractivity contribution in [2.24, 2.45) is 5.73 Å². The van der Waals surface area contributed by atoms with Gasteiger partial charge in [0, 0.05) is 26.8 Å². The first-order chi connectivity index (χ1) is 8.97. The molecule has 0 aromatic rings. The summed E-state index contributed by atoms with van der Waals surface area (Å²) in [7, 11) is 3.10. The maximum atomic E-state index is 11.3. The van der Waals surface area contributed by atoms with Crippen LogP contribution < -0.4 is 5.73 Å². The van der Waals surface area contributed by atoms with E-state index in [4.69, 9.17) is 19.9 Å². The van der Waals surface area contributed by atoms with Crippen molar-refractivity contribution in [3.63, 3.8) is 0 Å². The topological polar surface area (TPSA) is 91.1 Å². The van der Waals surface area contributed by atoms with E-state index in [0.717, 1.165) is 12.5 Å². The molecule has 7 heteroatoms. The summed E-state index contributed by atoms with van der Waals surface area (Å²) < 4.78 is 14.8. The zero-order valence-corrected chi connectivity index (χ0v) is 11.7. The van der Waals surface area contributed by atoms with Crippen molar-refractivity contribution >= 4 is 12.1 Å². The van der Waals surface area contributed by atoms with Crippen molar-refractivity contribution in [3.05, 3.63) is 11.8 Å². The predicted molar refractivity (Wildman–Crippen MR) is 69.4 cm³/mol. The monoisotopic (exact) mass is 274 g/mol. The lowest BCUT2D eigenvalue weighted by Gasteiger charge is -2.10. The lowest BCUT2D eigenvalue weighted by atomic mass is 10.4. The molecule has 0 heterocycles. The number of rotatable bonds is 8. The van der Waals surface area contributed by atoms with E-state index in [0.29, 0.717) is 13.2 Å². The fourth-order valence-corrected chi connectivity index (χ4v) is 0.956. The Morgan fingerprint density at radius 3 is 2.42 bits per heavy atom. The van der Waals surface area contributed by atoms with Crippen LogP contribution in [0.25, 0.3) is 0 Å². The van der Waals surface area contributed by atoms with E-state index >= 15 is 0 Å². The molecule has 1 amide bonds. The summed E-state index contributed by atoms with van der Waals surface area (Å²) in [5.41, 5.74) is 5.63. The second-order valence-corrected chi connectivity index (χ2v) is 3.95. The summed E-state index contributed by atoms with van der Waals surface area (Å²) in [5.74, 6) is -0.585. The molecule has 0 aromatic carbocycles. The highest BCUT2D eigenvalue weighted by Crippen LogP contribution is 1.93. The normalized spacial score (nSPS) is 11.0. The summed E-state index contributed by atoms with van der Waals surface area (Å²) in [6.07, 6.45) is 1.47. The Morgan fingerprint density at radius 1 is 1.16 bits per heavy atom. The molecular formula is C12H22N2O5. The van der Waals surface area contributed by atoms with Crippen molar-refractivity contribution in [1.29, 1.82) is 0 Å². The molecule has 0 spiro atoms. The van der Waals surface area contributed by atoms with Gasteiger partial charge in [-0.3, -0.25) is 0 Å². The number of esters is 1. The number of nitrogens with two attached hydrogens (primary N) is 1. The van der Waals surface area contributed by atoms with E-state index in [1.807, 2.05) is 6.92 Å². The quantitative estimate of drug-likeness (QED) is 0.393. The third-order valence-corrected chi connectivity index (χ3v) is 1.85. The van der Waals surface area contributed by atoms with E-state index in [-0.39, 0.29) is 18.9 Å². The molecule has 0 aliphatic carbocycles. The van der Waals surface area contributed by atoms with Gasteiger partial charge in [-0.2, -0.15) is 0 Å². The van der Waals surface area contributed by atoms with Crippen LogP contribution in [-0.2, 0) is 19.0 Å². The van der Waals surface area contributed by atoms with Gasteiger partial charge in [-0.1, -0.05) is 6.92 Å². The summed E-state index contributed by atoms with van der Waals surface area (Å²) in [6.45, 7) is 2.99. The average Bonchev–Trinajstić information content (AvgIpc) is 2.35. The molecule has 7 nitrogen and oxygen atoms in total. The van der Waals surface area contributed by atoms with Crippen LogP contribution >= 0.6 is 0 Å². The molecule has 0 fully saturated rings. The summed E-state index contributed by atoms with van der Waals surface area (Å²) in [5, 5.41) is 0. The van der Waals surface area contributed by atoms with Gasteiger partial charge in [0.05, 0.1) is 12.3 Å². The molecule has 0 atom stereocenters. The molecule has 0 radical (unpaired) electrons. The van der Waals surface area contributed by atoms with Gasteiger partial charge in [0.15, 0.2) is 0 Å². The van der Waals surface area contributed by atoms with Gasteiger partial charge in [-0.05, 0) is 6.42 Å². The van der Waals surface area contributed by atoms with Crippen LogP contribution in [0.1, 0.15) is 13.3 Å². The Balaban J connectivity index is 3.81. The second kappa shape index (κ2) is 10.2. The fraction of sp³-hybridized carbons (Fsp3) is 0.667. The molecule has 0 bridgehead atoms. The zero-order valence-electron chi connectivity index (χ0n) is 11.7. The van der Waals surface area contributed by atoms with Crippen molar-refractivity contribution in [2.75, 3.05) is 40.5 Å². The minimum absolute atomic E-state index is 0.120. The van der Waals surface area contributed by atoms with Crippen molar-refractivity contribution < 1.29 is 23.8 Å². The van der Waals surface area contributed by atoms with Crippen LogP contribution in [0.15, 0.2) is 11.8 Å². The van der Waals surface area contributed by atoms with Gasteiger partial charge in [0.2, 0.25) is 0 Å². The lowest BCUT2D eigenvalue weighted by molar-refractivity contribution is -0.139. The highest BCUT2D eigenvalue weighted by Gasteiger charge is 2.06. The Bertz CT molecular complexity index is 315. The number of hydrogen-bond acceptors (Lipinski definition) is 6. The van der Waals surface area contributed by atoms with Gasteiger partial charge in [-0.15, -0.1) is 0 Å². The van der Waals surface area contributed by atoms with Crippen molar-refractivity contribution in [1.82, 2.24) is 4.90 Å². The highest BCUT2D eigenvalue weighted by molar-refractivity contribution is 5.82. The maximum Gasteiger partial charge on any atom is 0.409 e. The van der Waals surface area contributed by atoms with Crippen molar-refractivity contribution in [2.45, 2.75) is 13.3 Å². The third kappa shape index (κ3) is 9.90. The zero-order chi connectivity index (χ0) is 14.7.